The average Bonchev–Trinajstić information content (AvgIpc) is 3.33. The van der Waals surface area contributed by atoms with Gasteiger partial charge in [0.05, 0.1) is 4.90 Å². The Kier molecular flexibility index (Phi) is 8.02. The van der Waals surface area contributed by atoms with Crippen molar-refractivity contribution >= 4 is 33.0 Å². The van der Waals surface area contributed by atoms with E-state index in [0.29, 0.717) is 17.6 Å². The average molecular weight is 489 g/mol. The molecule has 0 saturated heterocycles. The van der Waals surface area contributed by atoms with Crippen molar-refractivity contribution in [2.75, 3.05) is 6.54 Å². The summed E-state index contributed by atoms with van der Waals surface area (Å²) in [7, 11) is -3.64. The van der Waals surface area contributed by atoms with Crippen molar-refractivity contribution in [3.8, 4) is 0 Å². The van der Waals surface area contributed by atoms with E-state index in [-0.39, 0.29) is 10.9 Å². The highest BCUT2D eigenvalue weighted by Gasteiger charge is 2.30. The lowest BCUT2D eigenvalue weighted by Crippen LogP contribution is -2.44. The second kappa shape index (κ2) is 10.9. The van der Waals surface area contributed by atoms with Crippen LogP contribution in [0.15, 0.2) is 77.0 Å². The summed E-state index contributed by atoms with van der Waals surface area (Å²) in [6.45, 7) is 1.14. The molecule has 1 saturated carbocycles. The Bertz CT molecular complexity index is 1060. The van der Waals surface area contributed by atoms with Crippen LogP contribution in [-0.4, -0.2) is 25.9 Å². The van der Waals surface area contributed by atoms with Crippen molar-refractivity contribution in [1.82, 2.24) is 9.62 Å². The van der Waals surface area contributed by atoms with Crippen LogP contribution in [0.3, 0.4) is 0 Å². The third-order valence-electron chi connectivity index (χ3n) is 6.14. The first kappa shape index (κ1) is 23.5. The maximum Gasteiger partial charge on any atom is 0.240 e. The molecule has 32 heavy (non-hydrogen) atoms. The van der Waals surface area contributed by atoms with E-state index in [1.165, 1.54) is 24.1 Å². The van der Waals surface area contributed by atoms with Gasteiger partial charge in [0.25, 0.3) is 0 Å². The van der Waals surface area contributed by atoms with E-state index in [0.717, 1.165) is 24.9 Å². The summed E-state index contributed by atoms with van der Waals surface area (Å²) in [4.78, 5) is 4.05. The lowest BCUT2D eigenvalue weighted by Gasteiger charge is -2.40. The van der Waals surface area contributed by atoms with E-state index in [1.807, 2.05) is 18.2 Å². The first-order valence-electron chi connectivity index (χ1n) is 11.1. The summed E-state index contributed by atoms with van der Waals surface area (Å²) >= 11 is 7.70. The maximum atomic E-state index is 13.0. The molecule has 1 atom stereocenters. The third kappa shape index (κ3) is 6.00. The number of thiophene rings is 1. The third-order valence-corrected chi connectivity index (χ3v) is 8.69. The van der Waals surface area contributed by atoms with Crippen LogP contribution in [0.4, 0.5) is 0 Å². The number of nitrogens with one attached hydrogen (secondary N) is 1. The summed E-state index contributed by atoms with van der Waals surface area (Å²) in [5, 5.41) is 2.63. The number of hydrogen-bond acceptors (Lipinski definition) is 4. The highest BCUT2D eigenvalue weighted by molar-refractivity contribution is 7.89. The molecule has 1 aromatic heterocycles. The van der Waals surface area contributed by atoms with Gasteiger partial charge in [-0.1, -0.05) is 67.3 Å². The zero-order valence-corrected chi connectivity index (χ0v) is 20.4. The standard InChI is InChI=1S/C25H29ClN2O2S2/c26-21-13-15-24(16-14-21)32(29,30)27-18-25(20-8-3-1-4-9-20)28(19-23-12-7-17-31-23)22-10-5-2-6-11-22/h1,3-4,7-9,12-17,22,25,27H,2,5-6,10-11,18-19H2/t25-/m0/s1. The van der Waals surface area contributed by atoms with Crippen LogP contribution in [-0.2, 0) is 16.6 Å². The smallest absolute Gasteiger partial charge is 0.240 e. The van der Waals surface area contributed by atoms with Crippen molar-refractivity contribution in [2.24, 2.45) is 0 Å². The van der Waals surface area contributed by atoms with Gasteiger partial charge in [-0.2, -0.15) is 0 Å². The van der Waals surface area contributed by atoms with Gasteiger partial charge in [0, 0.05) is 35.1 Å². The minimum atomic E-state index is -3.64. The first-order valence-corrected chi connectivity index (χ1v) is 13.9. The molecule has 0 amide bonds. The van der Waals surface area contributed by atoms with Gasteiger partial charge >= 0.3 is 0 Å². The van der Waals surface area contributed by atoms with E-state index < -0.39 is 10.0 Å². The molecule has 2 aromatic carbocycles. The molecule has 1 fully saturated rings. The van der Waals surface area contributed by atoms with Crippen LogP contribution in [0.2, 0.25) is 5.02 Å². The van der Waals surface area contributed by atoms with E-state index in [1.54, 1.807) is 35.6 Å². The molecule has 1 aliphatic carbocycles. The molecule has 170 valence electrons. The number of benzene rings is 2. The number of nitrogens with zero attached hydrogens (tertiary/aromatic N) is 1. The summed E-state index contributed by atoms with van der Waals surface area (Å²) in [6.07, 6.45) is 6.03. The van der Waals surface area contributed by atoms with Gasteiger partial charge in [-0.3, -0.25) is 4.90 Å². The number of rotatable bonds is 9. The molecule has 7 heteroatoms. The van der Waals surface area contributed by atoms with Crippen molar-refractivity contribution < 1.29 is 8.42 Å². The Hall–Kier alpha value is -1.70. The predicted molar refractivity (Wildman–Crippen MR) is 133 cm³/mol. The normalized spacial score (nSPS) is 16.3. The molecule has 4 rings (SSSR count). The molecule has 0 aliphatic heterocycles. The highest BCUT2D eigenvalue weighted by Crippen LogP contribution is 2.33. The molecule has 0 spiro atoms. The fraction of sp³-hybridized carbons (Fsp3) is 0.360. The van der Waals surface area contributed by atoms with Gasteiger partial charge < -0.3 is 0 Å². The largest absolute Gasteiger partial charge is 0.287 e. The van der Waals surface area contributed by atoms with E-state index in [2.05, 4.69) is 39.3 Å². The number of hydrogen-bond donors (Lipinski definition) is 1. The minimum Gasteiger partial charge on any atom is -0.287 e. The van der Waals surface area contributed by atoms with Crippen LogP contribution in [0, 0.1) is 0 Å². The second-order valence-corrected chi connectivity index (χ2v) is 11.5. The van der Waals surface area contributed by atoms with E-state index >= 15 is 0 Å². The molecule has 1 heterocycles. The predicted octanol–water partition coefficient (Wildman–Crippen LogP) is 6.26. The molecule has 4 nitrogen and oxygen atoms in total. The lowest BCUT2D eigenvalue weighted by atomic mass is 9.91. The Morgan fingerprint density at radius 2 is 1.69 bits per heavy atom. The molecular formula is C25H29ClN2O2S2. The minimum absolute atomic E-state index is 0.0523. The molecule has 1 aliphatic rings. The fourth-order valence-corrected chi connectivity index (χ4v) is 6.35. The zero-order valence-electron chi connectivity index (χ0n) is 18.0. The summed E-state index contributed by atoms with van der Waals surface area (Å²) < 4.78 is 28.9. The molecule has 3 aromatic rings. The SMILES string of the molecule is O=S(=O)(NC[C@@H](c1ccccc1)N(Cc1cccs1)C1CCCCC1)c1ccc(Cl)cc1. The molecule has 0 unspecified atom stereocenters. The van der Waals surface area contributed by atoms with Crippen LogP contribution < -0.4 is 4.72 Å². The molecular weight excluding hydrogens is 460 g/mol. The van der Waals surface area contributed by atoms with Crippen LogP contribution in [0.5, 0.6) is 0 Å². The Labute approximate surface area is 200 Å². The maximum absolute atomic E-state index is 13.0. The van der Waals surface area contributed by atoms with Gasteiger partial charge in [-0.05, 0) is 54.1 Å². The van der Waals surface area contributed by atoms with Crippen molar-refractivity contribution in [3.63, 3.8) is 0 Å². The zero-order chi connectivity index (χ0) is 22.4. The summed E-state index contributed by atoms with van der Waals surface area (Å²) in [6, 6.07) is 21.2. The van der Waals surface area contributed by atoms with Crippen molar-refractivity contribution in [2.45, 2.75) is 55.6 Å². The van der Waals surface area contributed by atoms with Crippen LogP contribution >= 0.6 is 22.9 Å². The van der Waals surface area contributed by atoms with Gasteiger partial charge in [0.15, 0.2) is 0 Å². The Morgan fingerprint density at radius 3 is 2.34 bits per heavy atom. The van der Waals surface area contributed by atoms with Crippen LogP contribution in [0.25, 0.3) is 0 Å². The molecule has 0 bridgehead atoms. The monoisotopic (exact) mass is 488 g/mol. The van der Waals surface area contributed by atoms with Gasteiger partial charge in [0.1, 0.15) is 0 Å². The first-order chi connectivity index (χ1) is 15.5. The highest BCUT2D eigenvalue weighted by atomic mass is 35.5. The Morgan fingerprint density at radius 1 is 0.969 bits per heavy atom. The fourth-order valence-electron chi connectivity index (χ4n) is 4.48. The number of sulfonamides is 1. The van der Waals surface area contributed by atoms with Gasteiger partial charge in [0.2, 0.25) is 10.0 Å². The van der Waals surface area contributed by atoms with Crippen LogP contribution in [0.1, 0.15) is 48.6 Å². The van der Waals surface area contributed by atoms with Gasteiger partial charge in [-0.25, -0.2) is 13.1 Å². The Balaban J connectivity index is 1.62. The van der Waals surface area contributed by atoms with Crippen molar-refractivity contribution in [3.05, 3.63) is 87.6 Å². The van der Waals surface area contributed by atoms with E-state index in [4.69, 9.17) is 11.6 Å². The second-order valence-electron chi connectivity index (χ2n) is 8.28. The summed E-state index contributed by atoms with van der Waals surface area (Å²) in [5.41, 5.74) is 1.13. The van der Waals surface area contributed by atoms with Gasteiger partial charge in [-0.15, -0.1) is 11.3 Å². The summed E-state index contributed by atoms with van der Waals surface area (Å²) in [5.74, 6) is 0. The lowest BCUT2D eigenvalue weighted by molar-refractivity contribution is 0.0974. The van der Waals surface area contributed by atoms with Crippen molar-refractivity contribution in [1.29, 1.82) is 0 Å². The van der Waals surface area contributed by atoms with E-state index in [9.17, 15) is 8.42 Å². The topological polar surface area (TPSA) is 49.4 Å². The molecule has 0 radical (unpaired) electrons. The quantitative estimate of drug-likeness (QED) is 0.387. The number of halogens is 1. The molecule has 1 N–H and O–H groups in total.